The van der Waals surface area contributed by atoms with Crippen molar-refractivity contribution in [3.8, 4) is 34.6 Å². The van der Waals surface area contributed by atoms with Crippen LogP contribution in [0.2, 0.25) is 0 Å². The first-order valence-electron chi connectivity index (χ1n) is 11.2. The highest BCUT2D eigenvalue weighted by Crippen LogP contribution is 2.37. The summed E-state index contributed by atoms with van der Waals surface area (Å²) in [5, 5.41) is 12.0. The maximum Gasteiger partial charge on any atom is 0.263 e. The zero-order valence-corrected chi connectivity index (χ0v) is 20.3. The summed E-state index contributed by atoms with van der Waals surface area (Å²) in [4.78, 5) is 22.1. The minimum atomic E-state index is -2.59. The molecule has 37 heavy (non-hydrogen) atoms. The number of nitrogens with zero attached hydrogens (tertiary/aromatic N) is 3. The first-order chi connectivity index (χ1) is 17.8. The van der Waals surface area contributed by atoms with E-state index in [1.165, 1.54) is 31.5 Å². The van der Waals surface area contributed by atoms with Crippen molar-refractivity contribution in [3.05, 3.63) is 94.9 Å². The molecule has 9 heteroatoms. The van der Waals surface area contributed by atoms with Crippen molar-refractivity contribution >= 4 is 11.6 Å². The number of ether oxygens (including phenoxy) is 2. The van der Waals surface area contributed by atoms with E-state index in [1.807, 2.05) is 6.07 Å². The molecular formula is C28H24F2N4O3. The maximum atomic E-state index is 13.5. The van der Waals surface area contributed by atoms with Gasteiger partial charge in [0.25, 0.3) is 12.3 Å². The molecule has 0 spiro atoms. The lowest BCUT2D eigenvalue weighted by Gasteiger charge is -2.17. The lowest BCUT2D eigenvalue weighted by molar-refractivity contribution is 0.102. The third-order valence-electron chi connectivity index (χ3n) is 5.66. The number of benzene rings is 2. The fraction of sp³-hybridized carbons (Fsp3) is 0.143. The quantitative estimate of drug-likeness (QED) is 0.296. The number of carbonyl (C=O) groups excluding carboxylic acids is 1. The number of aryl methyl sites for hydroxylation is 1. The molecule has 1 N–H and O–H groups in total. The topological polar surface area (TPSA) is 97.1 Å². The van der Waals surface area contributed by atoms with Gasteiger partial charge in [0.05, 0.1) is 18.7 Å². The van der Waals surface area contributed by atoms with Gasteiger partial charge in [-0.15, -0.1) is 0 Å². The molecular weight excluding hydrogens is 478 g/mol. The second-order valence-electron chi connectivity index (χ2n) is 8.12. The van der Waals surface area contributed by atoms with Crippen molar-refractivity contribution in [3.63, 3.8) is 0 Å². The average molecular weight is 503 g/mol. The number of alkyl halides is 2. The number of carbonyl (C=O) groups is 1. The van der Waals surface area contributed by atoms with Crippen LogP contribution < -0.4 is 14.8 Å². The van der Waals surface area contributed by atoms with Gasteiger partial charge in [0, 0.05) is 42.4 Å². The van der Waals surface area contributed by atoms with Gasteiger partial charge in [0.2, 0.25) is 5.88 Å². The molecule has 188 valence electrons. The van der Waals surface area contributed by atoms with Crippen LogP contribution in [0.15, 0.2) is 67.0 Å². The normalized spacial score (nSPS) is 10.6. The molecule has 2 aromatic heterocycles. The van der Waals surface area contributed by atoms with Crippen molar-refractivity contribution in [1.29, 1.82) is 5.26 Å². The number of hydrogen-bond acceptors (Lipinski definition) is 6. The largest absolute Gasteiger partial charge is 0.493 e. The van der Waals surface area contributed by atoms with Gasteiger partial charge in [-0.05, 0) is 49.2 Å². The number of nitrogens with one attached hydrogen (secondary N) is 1. The maximum absolute atomic E-state index is 13.5. The van der Waals surface area contributed by atoms with Crippen LogP contribution in [0.3, 0.4) is 0 Å². The zero-order chi connectivity index (χ0) is 26.5. The van der Waals surface area contributed by atoms with E-state index in [-0.39, 0.29) is 24.2 Å². The summed E-state index contributed by atoms with van der Waals surface area (Å²) < 4.78 is 37.5. The summed E-state index contributed by atoms with van der Waals surface area (Å²) in [6.07, 6.45) is 0.512. The number of rotatable bonds is 7. The number of pyridine rings is 2. The Kier molecular flexibility index (Phi) is 7.39. The Labute approximate surface area is 213 Å². The van der Waals surface area contributed by atoms with Gasteiger partial charge in [-0.25, -0.2) is 13.8 Å². The second-order valence-corrected chi connectivity index (χ2v) is 8.12. The van der Waals surface area contributed by atoms with Crippen LogP contribution in [0.1, 0.15) is 40.6 Å². The molecule has 2 heterocycles. The Morgan fingerprint density at radius 1 is 1.05 bits per heavy atom. The summed E-state index contributed by atoms with van der Waals surface area (Å²) in [6, 6.07) is 15.8. The van der Waals surface area contributed by atoms with Crippen molar-refractivity contribution in [1.82, 2.24) is 9.97 Å². The molecule has 7 nitrogen and oxygen atoms in total. The van der Waals surface area contributed by atoms with E-state index in [2.05, 4.69) is 15.3 Å². The van der Waals surface area contributed by atoms with E-state index in [9.17, 15) is 18.8 Å². The van der Waals surface area contributed by atoms with E-state index < -0.39 is 12.3 Å². The third kappa shape index (κ3) is 5.54. The Balaban J connectivity index is 0.00000400. The molecule has 0 saturated heterocycles. The molecule has 0 aliphatic rings. The van der Waals surface area contributed by atoms with Gasteiger partial charge in [-0.1, -0.05) is 24.3 Å². The Morgan fingerprint density at radius 2 is 1.81 bits per heavy atom. The highest BCUT2D eigenvalue weighted by atomic mass is 19.3. The van der Waals surface area contributed by atoms with Crippen LogP contribution in [0.5, 0.6) is 17.4 Å². The van der Waals surface area contributed by atoms with Gasteiger partial charge in [-0.3, -0.25) is 9.78 Å². The molecule has 0 bridgehead atoms. The molecule has 0 aliphatic carbocycles. The number of nitriles is 1. The van der Waals surface area contributed by atoms with Crippen molar-refractivity contribution in [2.75, 3.05) is 12.4 Å². The average Bonchev–Trinajstić information content (AvgIpc) is 2.89. The Bertz CT molecular complexity index is 1510. The van der Waals surface area contributed by atoms with Gasteiger partial charge >= 0.3 is 0 Å². The highest BCUT2D eigenvalue weighted by Gasteiger charge is 2.23. The minimum absolute atomic E-state index is 0. The summed E-state index contributed by atoms with van der Waals surface area (Å²) >= 11 is 0. The van der Waals surface area contributed by atoms with E-state index >= 15 is 0 Å². The van der Waals surface area contributed by atoms with Crippen LogP contribution in [0.4, 0.5) is 14.5 Å². The van der Waals surface area contributed by atoms with Crippen molar-refractivity contribution in [2.24, 2.45) is 0 Å². The monoisotopic (exact) mass is 502 g/mol. The number of aromatic nitrogens is 2. The summed E-state index contributed by atoms with van der Waals surface area (Å²) in [5.41, 5.74) is 3.41. The molecule has 0 fully saturated rings. The summed E-state index contributed by atoms with van der Waals surface area (Å²) in [5.74, 6) is 0.0820. The van der Waals surface area contributed by atoms with Gasteiger partial charge in [0.15, 0.2) is 11.5 Å². The molecule has 0 atom stereocenters. The molecule has 0 aliphatic heterocycles. The van der Waals surface area contributed by atoms with Crippen LogP contribution >= 0.6 is 0 Å². The molecule has 4 rings (SSSR count). The smallest absolute Gasteiger partial charge is 0.263 e. The lowest BCUT2D eigenvalue weighted by Crippen LogP contribution is -2.16. The predicted molar refractivity (Wildman–Crippen MR) is 136 cm³/mol. The molecule has 0 unspecified atom stereocenters. The SMILES string of the molecule is COc1cc(C#N)ccc1Oc1ncc(-c2ccc(C(F)F)cc2)c(C)c1C(=O)Nc1ccnc(C)c1.[HH]. The Hall–Kier alpha value is -4.84. The van der Waals surface area contributed by atoms with E-state index in [0.717, 1.165) is 5.69 Å². The van der Waals surface area contributed by atoms with Crippen LogP contribution in [-0.4, -0.2) is 23.0 Å². The zero-order valence-electron chi connectivity index (χ0n) is 20.3. The fourth-order valence-electron chi connectivity index (χ4n) is 3.77. The van der Waals surface area contributed by atoms with Crippen molar-refractivity contribution in [2.45, 2.75) is 20.3 Å². The second kappa shape index (κ2) is 10.8. The van der Waals surface area contributed by atoms with Crippen LogP contribution in [0.25, 0.3) is 11.1 Å². The number of amides is 1. The molecule has 4 aromatic rings. The third-order valence-corrected chi connectivity index (χ3v) is 5.66. The summed E-state index contributed by atoms with van der Waals surface area (Å²) in [7, 11) is 1.44. The Morgan fingerprint density at radius 3 is 2.46 bits per heavy atom. The van der Waals surface area contributed by atoms with Crippen molar-refractivity contribution < 1.29 is 24.5 Å². The molecule has 0 saturated carbocycles. The first kappa shape index (κ1) is 25.3. The van der Waals surface area contributed by atoms with E-state index in [4.69, 9.17) is 9.47 Å². The standard InChI is InChI=1S/C28H22F2N4O3.H2/c1-16-12-21(10-11-32-16)34-27(35)25-17(2)22(19-5-7-20(8-6-19)26(29)30)15-33-28(25)37-23-9-4-18(14-31)13-24(23)36-3;/h4-13,15,26H,1-3H3,(H,32,34,35);1H. The van der Waals surface area contributed by atoms with Gasteiger partial charge in [0.1, 0.15) is 5.56 Å². The number of halogens is 2. The van der Waals surface area contributed by atoms with E-state index in [0.29, 0.717) is 33.7 Å². The molecule has 0 radical (unpaired) electrons. The fourth-order valence-corrected chi connectivity index (χ4v) is 3.77. The first-order valence-corrected chi connectivity index (χ1v) is 11.2. The number of methoxy groups -OCH3 is 1. The van der Waals surface area contributed by atoms with E-state index in [1.54, 1.807) is 56.4 Å². The highest BCUT2D eigenvalue weighted by molar-refractivity contribution is 6.08. The van der Waals surface area contributed by atoms with Gasteiger partial charge < -0.3 is 14.8 Å². The van der Waals surface area contributed by atoms with Crippen LogP contribution in [-0.2, 0) is 0 Å². The minimum Gasteiger partial charge on any atom is -0.493 e. The predicted octanol–water partition coefficient (Wildman–Crippen LogP) is 6.87. The molecule has 2 aromatic carbocycles. The molecule has 1 amide bonds. The van der Waals surface area contributed by atoms with Crippen LogP contribution in [0, 0.1) is 25.2 Å². The lowest BCUT2D eigenvalue weighted by atomic mass is 9.97. The van der Waals surface area contributed by atoms with Gasteiger partial charge in [-0.2, -0.15) is 5.26 Å². The summed E-state index contributed by atoms with van der Waals surface area (Å²) in [6.45, 7) is 3.53. The number of anilines is 1. The number of hydrogen-bond donors (Lipinski definition) is 1.